The van der Waals surface area contributed by atoms with Gasteiger partial charge in [-0.1, -0.05) is 0 Å². The third-order valence-electron chi connectivity index (χ3n) is 2.67. The molecule has 0 saturated heterocycles. The second-order valence-corrected chi connectivity index (χ2v) is 6.02. The van der Waals surface area contributed by atoms with Gasteiger partial charge in [-0.2, -0.15) is 5.10 Å². The van der Waals surface area contributed by atoms with Gasteiger partial charge in [0, 0.05) is 18.4 Å². The summed E-state index contributed by atoms with van der Waals surface area (Å²) >= 11 is 0. The first-order chi connectivity index (χ1) is 9.51. The van der Waals surface area contributed by atoms with Crippen LogP contribution >= 0.6 is 0 Å². The van der Waals surface area contributed by atoms with E-state index in [1.54, 1.807) is 16.8 Å². The molecule has 0 spiro atoms. The zero-order chi connectivity index (χ0) is 14.6. The summed E-state index contributed by atoms with van der Waals surface area (Å²) in [5, 5.41) is 6.99. The first kappa shape index (κ1) is 14.5. The summed E-state index contributed by atoms with van der Waals surface area (Å²) in [6.07, 6.45) is 4.32. The molecule has 0 aliphatic rings. The number of nitrogens with zero attached hydrogens (tertiary/aromatic N) is 3. The number of rotatable bonds is 6. The van der Waals surface area contributed by atoms with E-state index in [0.717, 1.165) is 12.2 Å². The van der Waals surface area contributed by atoms with Crippen molar-refractivity contribution in [1.82, 2.24) is 20.1 Å². The SMILES string of the molecule is CNCCn1cc(S(=O)(=O)Nc2ccc(C)nc2)cn1. The van der Waals surface area contributed by atoms with E-state index in [9.17, 15) is 8.42 Å². The first-order valence-corrected chi connectivity index (χ1v) is 7.62. The fraction of sp³-hybridized carbons (Fsp3) is 0.333. The van der Waals surface area contributed by atoms with E-state index in [0.29, 0.717) is 12.2 Å². The lowest BCUT2D eigenvalue weighted by molar-refractivity contribution is 0.582. The van der Waals surface area contributed by atoms with E-state index in [1.165, 1.54) is 18.6 Å². The van der Waals surface area contributed by atoms with E-state index in [1.807, 2.05) is 14.0 Å². The van der Waals surface area contributed by atoms with Gasteiger partial charge >= 0.3 is 0 Å². The van der Waals surface area contributed by atoms with Crippen LogP contribution in [0.25, 0.3) is 0 Å². The largest absolute Gasteiger partial charge is 0.318 e. The van der Waals surface area contributed by atoms with Gasteiger partial charge in [0.25, 0.3) is 10.0 Å². The molecule has 2 N–H and O–H groups in total. The van der Waals surface area contributed by atoms with E-state index in [2.05, 4.69) is 20.1 Å². The molecular weight excluding hydrogens is 278 g/mol. The number of sulfonamides is 1. The van der Waals surface area contributed by atoms with Crippen LogP contribution in [-0.2, 0) is 16.6 Å². The Morgan fingerprint density at radius 1 is 1.30 bits per heavy atom. The van der Waals surface area contributed by atoms with E-state index >= 15 is 0 Å². The molecule has 8 heteroatoms. The van der Waals surface area contributed by atoms with Crippen LogP contribution in [0.3, 0.4) is 0 Å². The van der Waals surface area contributed by atoms with Crippen LogP contribution in [0.1, 0.15) is 5.69 Å². The van der Waals surface area contributed by atoms with Gasteiger partial charge in [0.2, 0.25) is 0 Å². The summed E-state index contributed by atoms with van der Waals surface area (Å²) in [6, 6.07) is 3.42. The van der Waals surface area contributed by atoms with E-state index in [4.69, 9.17) is 0 Å². The summed E-state index contributed by atoms with van der Waals surface area (Å²) in [4.78, 5) is 4.18. The molecule has 20 heavy (non-hydrogen) atoms. The van der Waals surface area contributed by atoms with Crippen LogP contribution in [0.2, 0.25) is 0 Å². The van der Waals surface area contributed by atoms with Gasteiger partial charge in [-0.25, -0.2) is 8.42 Å². The van der Waals surface area contributed by atoms with Gasteiger partial charge in [-0.15, -0.1) is 0 Å². The third kappa shape index (κ3) is 3.55. The number of anilines is 1. The van der Waals surface area contributed by atoms with E-state index < -0.39 is 10.0 Å². The standard InChI is InChI=1S/C12H17N5O2S/c1-10-3-4-11(7-14-10)16-20(18,19)12-8-15-17(9-12)6-5-13-2/h3-4,7-9,13,16H,5-6H2,1-2H3. The molecule has 2 heterocycles. The molecule has 2 rings (SSSR count). The normalized spacial score (nSPS) is 11.5. The molecule has 0 amide bonds. The Balaban J connectivity index is 2.13. The van der Waals surface area contributed by atoms with Gasteiger partial charge < -0.3 is 5.32 Å². The number of aryl methyl sites for hydroxylation is 1. The van der Waals surface area contributed by atoms with Crippen LogP contribution in [0.4, 0.5) is 5.69 Å². The molecule has 0 unspecified atom stereocenters. The highest BCUT2D eigenvalue weighted by atomic mass is 32.2. The Hall–Kier alpha value is -1.93. The average Bonchev–Trinajstić information content (AvgIpc) is 2.88. The molecule has 0 aliphatic carbocycles. The molecule has 0 bridgehead atoms. The van der Waals surface area contributed by atoms with Gasteiger partial charge in [-0.05, 0) is 26.1 Å². The van der Waals surface area contributed by atoms with Crippen molar-refractivity contribution in [2.75, 3.05) is 18.3 Å². The number of likely N-dealkylation sites (N-methyl/N-ethyl adjacent to an activating group) is 1. The number of hydrogen-bond acceptors (Lipinski definition) is 5. The number of pyridine rings is 1. The Bertz CT molecular complexity index is 663. The first-order valence-electron chi connectivity index (χ1n) is 6.14. The van der Waals surface area contributed by atoms with Crippen LogP contribution in [0.5, 0.6) is 0 Å². The van der Waals surface area contributed by atoms with Crippen molar-refractivity contribution < 1.29 is 8.42 Å². The molecule has 0 atom stereocenters. The van der Waals surface area contributed by atoms with E-state index in [-0.39, 0.29) is 4.90 Å². The predicted molar refractivity (Wildman–Crippen MR) is 75.9 cm³/mol. The lowest BCUT2D eigenvalue weighted by atomic mass is 10.4. The molecule has 0 saturated carbocycles. The molecule has 0 fully saturated rings. The molecule has 0 aliphatic heterocycles. The quantitative estimate of drug-likeness (QED) is 0.815. The lowest BCUT2D eigenvalue weighted by Gasteiger charge is -2.05. The predicted octanol–water partition coefficient (Wildman–Crippen LogP) is 0.607. The average molecular weight is 295 g/mol. The van der Waals surface area contributed by atoms with Crippen LogP contribution in [0, 0.1) is 6.92 Å². The molecule has 7 nitrogen and oxygen atoms in total. The maximum atomic E-state index is 12.2. The molecule has 0 radical (unpaired) electrons. The Morgan fingerprint density at radius 3 is 2.75 bits per heavy atom. The minimum absolute atomic E-state index is 0.133. The van der Waals surface area contributed by atoms with Gasteiger partial charge in [0.05, 0.1) is 24.6 Å². The van der Waals surface area contributed by atoms with Crippen molar-refractivity contribution in [2.24, 2.45) is 0 Å². The molecule has 2 aromatic heterocycles. The highest BCUT2D eigenvalue weighted by Gasteiger charge is 2.16. The maximum Gasteiger partial charge on any atom is 0.265 e. The second-order valence-electron chi connectivity index (χ2n) is 4.34. The lowest BCUT2D eigenvalue weighted by Crippen LogP contribution is -2.15. The summed E-state index contributed by atoms with van der Waals surface area (Å²) in [7, 11) is -1.80. The summed E-state index contributed by atoms with van der Waals surface area (Å²) in [5.74, 6) is 0. The zero-order valence-electron chi connectivity index (χ0n) is 11.4. The smallest absolute Gasteiger partial charge is 0.265 e. The topological polar surface area (TPSA) is 88.9 Å². The minimum Gasteiger partial charge on any atom is -0.318 e. The second kappa shape index (κ2) is 6.02. The maximum absolute atomic E-state index is 12.2. The monoisotopic (exact) mass is 295 g/mol. The van der Waals surface area contributed by atoms with Crippen molar-refractivity contribution in [3.05, 3.63) is 36.4 Å². The van der Waals surface area contributed by atoms with Crippen molar-refractivity contribution in [1.29, 1.82) is 0 Å². The van der Waals surface area contributed by atoms with Gasteiger partial charge in [0.15, 0.2) is 0 Å². The van der Waals surface area contributed by atoms with Crippen molar-refractivity contribution in [2.45, 2.75) is 18.4 Å². The molecular formula is C12H17N5O2S. The van der Waals surface area contributed by atoms with Gasteiger partial charge in [-0.3, -0.25) is 14.4 Å². The van der Waals surface area contributed by atoms with Gasteiger partial charge in [0.1, 0.15) is 4.90 Å². The number of hydrogen-bond donors (Lipinski definition) is 2. The van der Waals surface area contributed by atoms with Crippen LogP contribution in [0.15, 0.2) is 35.6 Å². The fourth-order valence-electron chi connectivity index (χ4n) is 1.57. The summed E-state index contributed by atoms with van der Waals surface area (Å²) in [5.41, 5.74) is 1.26. The fourth-order valence-corrected chi connectivity index (χ4v) is 2.57. The van der Waals surface area contributed by atoms with Crippen LogP contribution in [-0.4, -0.2) is 36.8 Å². The Morgan fingerprint density at radius 2 is 2.10 bits per heavy atom. The van der Waals surface area contributed by atoms with Crippen molar-refractivity contribution >= 4 is 15.7 Å². The summed E-state index contributed by atoms with van der Waals surface area (Å²) < 4.78 is 28.4. The summed E-state index contributed by atoms with van der Waals surface area (Å²) in [6.45, 7) is 3.17. The van der Waals surface area contributed by atoms with Crippen molar-refractivity contribution in [3.63, 3.8) is 0 Å². The molecule has 0 aromatic carbocycles. The van der Waals surface area contributed by atoms with Crippen LogP contribution < -0.4 is 10.0 Å². The minimum atomic E-state index is -3.62. The number of aromatic nitrogens is 3. The molecule has 2 aromatic rings. The highest BCUT2D eigenvalue weighted by molar-refractivity contribution is 7.92. The zero-order valence-corrected chi connectivity index (χ0v) is 12.2. The highest BCUT2D eigenvalue weighted by Crippen LogP contribution is 2.14. The van der Waals surface area contributed by atoms with Crippen molar-refractivity contribution in [3.8, 4) is 0 Å². The Labute approximate surface area is 118 Å². The Kier molecular flexibility index (Phi) is 4.35. The third-order valence-corrected chi connectivity index (χ3v) is 4.01. The molecule has 108 valence electrons. The number of nitrogens with one attached hydrogen (secondary N) is 2.